The van der Waals surface area contributed by atoms with Crippen LogP contribution in [-0.4, -0.2) is 6.54 Å². The first-order valence-electron chi connectivity index (χ1n) is 6.73. The lowest BCUT2D eigenvalue weighted by atomic mass is 10.1. The summed E-state index contributed by atoms with van der Waals surface area (Å²) in [5.41, 5.74) is 2.67. The molecule has 102 valence electrons. The minimum absolute atomic E-state index is 0.925. The number of furan rings is 1. The molecule has 2 aromatic rings. The quantitative estimate of drug-likeness (QED) is 0.783. The van der Waals surface area contributed by atoms with Crippen molar-refractivity contribution in [3.63, 3.8) is 0 Å². The van der Waals surface area contributed by atoms with Crippen LogP contribution in [0.2, 0.25) is 0 Å². The molecule has 2 rings (SSSR count). The Morgan fingerprint density at radius 1 is 1.16 bits per heavy atom. The fourth-order valence-electron chi connectivity index (χ4n) is 1.94. The zero-order chi connectivity index (χ0) is 13.7. The summed E-state index contributed by atoms with van der Waals surface area (Å²) in [4.78, 5) is 2.50. The molecule has 0 aliphatic carbocycles. The molecule has 0 saturated heterocycles. The smallest absolute Gasteiger partial charge is 0.114 e. The predicted octanol–water partition coefficient (Wildman–Crippen LogP) is 4.55. The Morgan fingerprint density at radius 3 is 2.68 bits per heavy atom. The highest BCUT2D eigenvalue weighted by molar-refractivity contribution is 7.99. The molecule has 0 saturated carbocycles. The van der Waals surface area contributed by atoms with Crippen LogP contribution in [0.15, 0.2) is 44.7 Å². The SMILES string of the molecule is CCCNCc1cc(C)ccc1Sc1ccoc1C. The molecule has 1 heterocycles. The Hall–Kier alpha value is -1.19. The van der Waals surface area contributed by atoms with Crippen LogP contribution in [0.5, 0.6) is 0 Å². The van der Waals surface area contributed by atoms with Gasteiger partial charge in [0.15, 0.2) is 0 Å². The highest BCUT2D eigenvalue weighted by Gasteiger charge is 2.08. The molecule has 0 radical (unpaired) electrons. The largest absolute Gasteiger partial charge is 0.468 e. The van der Waals surface area contributed by atoms with E-state index in [9.17, 15) is 0 Å². The lowest BCUT2D eigenvalue weighted by Gasteiger charge is -2.11. The van der Waals surface area contributed by atoms with E-state index in [0.717, 1.165) is 25.3 Å². The molecule has 3 heteroatoms. The lowest BCUT2D eigenvalue weighted by molar-refractivity contribution is 0.527. The first kappa shape index (κ1) is 14.2. The molecule has 2 nitrogen and oxygen atoms in total. The van der Waals surface area contributed by atoms with Crippen LogP contribution in [0.1, 0.15) is 30.2 Å². The van der Waals surface area contributed by atoms with Crippen LogP contribution >= 0.6 is 11.8 Å². The minimum atomic E-state index is 0.925. The average Bonchev–Trinajstić information content (AvgIpc) is 2.78. The third kappa shape index (κ3) is 3.88. The fourth-order valence-corrected chi connectivity index (χ4v) is 2.89. The highest BCUT2D eigenvalue weighted by atomic mass is 32.2. The topological polar surface area (TPSA) is 25.2 Å². The van der Waals surface area contributed by atoms with Gasteiger partial charge in [-0.2, -0.15) is 0 Å². The van der Waals surface area contributed by atoms with Crippen molar-refractivity contribution >= 4 is 11.8 Å². The summed E-state index contributed by atoms with van der Waals surface area (Å²) in [6.07, 6.45) is 2.91. The van der Waals surface area contributed by atoms with Crippen molar-refractivity contribution in [3.05, 3.63) is 47.4 Å². The van der Waals surface area contributed by atoms with Gasteiger partial charge in [0, 0.05) is 11.4 Å². The number of aryl methyl sites for hydroxylation is 2. The van der Waals surface area contributed by atoms with E-state index in [1.54, 1.807) is 18.0 Å². The second-order valence-corrected chi connectivity index (χ2v) is 5.81. The first-order chi connectivity index (χ1) is 9.20. The maximum Gasteiger partial charge on any atom is 0.114 e. The standard InChI is InChI=1S/C16H21NOS/c1-4-8-17-11-14-10-12(2)5-6-16(14)19-15-7-9-18-13(15)3/h5-7,9-10,17H,4,8,11H2,1-3H3. The van der Waals surface area contributed by atoms with Crippen LogP contribution in [0.25, 0.3) is 0 Å². The van der Waals surface area contributed by atoms with Crippen molar-refractivity contribution in [2.45, 2.75) is 43.5 Å². The van der Waals surface area contributed by atoms with Gasteiger partial charge in [0.1, 0.15) is 5.76 Å². The van der Waals surface area contributed by atoms with Crippen molar-refractivity contribution in [2.24, 2.45) is 0 Å². The molecule has 1 N–H and O–H groups in total. The van der Waals surface area contributed by atoms with E-state index in [2.05, 4.69) is 37.4 Å². The van der Waals surface area contributed by atoms with E-state index in [1.807, 2.05) is 13.0 Å². The third-order valence-corrected chi connectivity index (χ3v) is 4.25. The molecular weight excluding hydrogens is 254 g/mol. The molecule has 0 amide bonds. The maximum atomic E-state index is 5.36. The van der Waals surface area contributed by atoms with Gasteiger partial charge in [-0.25, -0.2) is 0 Å². The summed E-state index contributed by atoms with van der Waals surface area (Å²) >= 11 is 1.78. The molecule has 1 aromatic carbocycles. The summed E-state index contributed by atoms with van der Waals surface area (Å²) in [6, 6.07) is 8.67. The third-order valence-electron chi connectivity index (χ3n) is 2.99. The van der Waals surface area contributed by atoms with Gasteiger partial charge in [0.2, 0.25) is 0 Å². The Kier molecular flexibility index (Phi) is 5.11. The Bertz CT molecular complexity index is 533. The van der Waals surface area contributed by atoms with E-state index >= 15 is 0 Å². The molecule has 0 spiro atoms. The van der Waals surface area contributed by atoms with E-state index in [-0.39, 0.29) is 0 Å². The van der Waals surface area contributed by atoms with Crippen molar-refractivity contribution < 1.29 is 4.42 Å². The van der Waals surface area contributed by atoms with Gasteiger partial charge in [-0.05, 0) is 44.5 Å². The highest BCUT2D eigenvalue weighted by Crippen LogP contribution is 2.33. The van der Waals surface area contributed by atoms with E-state index in [1.165, 1.54) is 20.9 Å². The van der Waals surface area contributed by atoms with Gasteiger partial charge < -0.3 is 9.73 Å². The predicted molar refractivity (Wildman–Crippen MR) is 80.7 cm³/mol. The van der Waals surface area contributed by atoms with Crippen LogP contribution < -0.4 is 5.32 Å². The number of nitrogens with one attached hydrogen (secondary N) is 1. The van der Waals surface area contributed by atoms with Gasteiger partial charge >= 0.3 is 0 Å². The number of benzene rings is 1. The lowest BCUT2D eigenvalue weighted by Crippen LogP contribution is -2.14. The maximum absolute atomic E-state index is 5.36. The van der Waals surface area contributed by atoms with E-state index in [4.69, 9.17) is 4.42 Å². The number of rotatable bonds is 6. The zero-order valence-electron chi connectivity index (χ0n) is 11.8. The molecule has 1 aromatic heterocycles. The van der Waals surface area contributed by atoms with Crippen LogP contribution in [0, 0.1) is 13.8 Å². The molecule has 0 aliphatic rings. The van der Waals surface area contributed by atoms with Crippen molar-refractivity contribution in [3.8, 4) is 0 Å². The average molecular weight is 275 g/mol. The number of hydrogen-bond donors (Lipinski definition) is 1. The van der Waals surface area contributed by atoms with Crippen LogP contribution in [0.4, 0.5) is 0 Å². The normalized spacial score (nSPS) is 10.9. The van der Waals surface area contributed by atoms with Crippen LogP contribution in [-0.2, 0) is 6.54 Å². The van der Waals surface area contributed by atoms with Gasteiger partial charge in [0.05, 0.1) is 11.2 Å². The van der Waals surface area contributed by atoms with Gasteiger partial charge in [-0.1, -0.05) is 36.4 Å². The van der Waals surface area contributed by atoms with Gasteiger partial charge in [-0.15, -0.1) is 0 Å². The Morgan fingerprint density at radius 2 is 2.00 bits per heavy atom. The molecule has 0 unspecified atom stereocenters. The minimum Gasteiger partial charge on any atom is -0.468 e. The van der Waals surface area contributed by atoms with Crippen LogP contribution in [0.3, 0.4) is 0 Å². The Balaban J connectivity index is 2.16. The molecule has 0 bridgehead atoms. The van der Waals surface area contributed by atoms with Crippen molar-refractivity contribution in [1.82, 2.24) is 5.32 Å². The van der Waals surface area contributed by atoms with Gasteiger partial charge in [0.25, 0.3) is 0 Å². The molecule has 0 fully saturated rings. The second kappa shape index (κ2) is 6.83. The van der Waals surface area contributed by atoms with Crippen molar-refractivity contribution in [1.29, 1.82) is 0 Å². The van der Waals surface area contributed by atoms with Gasteiger partial charge in [-0.3, -0.25) is 0 Å². The molecule has 0 atom stereocenters. The summed E-state index contributed by atoms with van der Waals surface area (Å²) in [5, 5.41) is 3.48. The zero-order valence-corrected chi connectivity index (χ0v) is 12.6. The molecular formula is C16H21NOS. The summed E-state index contributed by atoms with van der Waals surface area (Å²) < 4.78 is 5.36. The second-order valence-electron chi connectivity index (χ2n) is 4.73. The molecule has 0 aliphatic heterocycles. The summed E-state index contributed by atoms with van der Waals surface area (Å²) in [5.74, 6) is 0.984. The first-order valence-corrected chi connectivity index (χ1v) is 7.54. The van der Waals surface area contributed by atoms with E-state index < -0.39 is 0 Å². The van der Waals surface area contributed by atoms with E-state index in [0.29, 0.717) is 0 Å². The van der Waals surface area contributed by atoms with Crippen molar-refractivity contribution in [2.75, 3.05) is 6.54 Å². The molecule has 19 heavy (non-hydrogen) atoms. The fraction of sp³-hybridized carbons (Fsp3) is 0.375. The summed E-state index contributed by atoms with van der Waals surface area (Å²) in [6.45, 7) is 8.32. The monoisotopic (exact) mass is 275 g/mol. The summed E-state index contributed by atoms with van der Waals surface area (Å²) in [7, 11) is 0. The number of hydrogen-bond acceptors (Lipinski definition) is 3. The Labute approximate surface area is 119 Å².